The molecule has 6 nitrogen and oxygen atoms in total. The van der Waals surface area contributed by atoms with Gasteiger partial charge < -0.3 is 20.7 Å². The lowest BCUT2D eigenvalue weighted by Gasteiger charge is -2.35. The summed E-state index contributed by atoms with van der Waals surface area (Å²) in [4.78, 5) is 24.7. The second-order valence-corrected chi connectivity index (χ2v) is 7.07. The Bertz CT molecular complexity index is 595. The fourth-order valence-electron chi connectivity index (χ4n) is 2.93. The van der Waals surface area contributed by atoms with Gasteiger partial charge in [-0.3, -0.25) is 9.59 Å². The molecular formula is C17H24BrN3O3. The molecule has 2 amide bonds. The zero-order valence-electron chi connectivity index (χ0n) is 14.1. The maximum absolute atomic E-state index is 12.6. The number of piperidine rings is 1. The zero-order valence-corrected chi connectivity index (χ0v) is 15.7. The van der Waals surface area contributed by atoms with Crippen LogP contribution in [0.5, 0.6) is 0 Å². The number of methoxy groups -OCH3 is 1. The fraction of sp³-hybridized carbons (Fsp3) is 0.529. The van der Waals surface area contributed by atoms with Crippen LogP contribution in [0, 0.1) is 12.3 Å². The summed E-state index contributed by atoms with van der Waals surface area (Å²) in [6.45, 7) is 3.80. The maximum atomic E-state index is 12.6. The minimum atomic E-state index is -0.548. The van der Waals surface area contributed by atoms with Gasteiger partial charge in [0.2, 0.25) is 11.8 Å². The van der Waals surface area contributed by atoms with Crippen molar-refractivity contribution in [3.05, 3.63) is 28.2 Å². The van der Waals surface area contributed by atoms with Crippen LogP contribution < -0.4 is 16.0 Å². The van der Waals surface area contributed by atoms with Gasteiger partial charge in [0, 0.05) is 17.3 Å². The molecule has 7 heteroatoms. The zero-order chi connectivity index (χ0) is 17.6. The molecule has 0 atom stereocenters. The molecule has 132 valence electrons. The number of carbonyl (C=O) groups excluding carboxylic acids is 2. The summed E-state index contributed by atoms with van der Waals surface area (Å²) in [5.74, 6) is -0.358. The topological polar surface area (TPSA) is 79.5 Å². The number of hydrogen-bond donors (Lipinski definition) is 3. The maximum Gasteiger partial charge on any atom is 0.243 e. The molecule has 1 saturated heterocycles. The molecule has 1 fully saturated rings. The van der Waals surface area contributed by atoms with Gasteiger partial charge in [-0.25, -0.2) is 0 Å². The Balaban J connectivity index is 1.91. The molecule has 0 spiro atoms. The standard InChI is InChI=1S/C17H24BrN3O3/c1-12-9-13(18)3-4-14(12)21-15(22)10-20-16(23)17(11-24-2)5-7-19-8-6-17/h3-4,9,19H,5-8,10-11H2,1-2H3,(H,20,23)(H,21,22). The highest BCUT2D eigenvalue weighted by molar-refractivity contribution is 9.10. The number of benzene rings is 1. The van der Waals surface area contributed by atoms with Crippen molar-refractivity contribution in [1.82, 2.24) is 10.6 Å². The van der Waals surface area contributed by atoms with Crippen LogP contribution in [0.3, 0.4) is 0 Å². The van der Waals surface area contributed by atoms with E-state index in [0.29, 0.717) is 19.4 Å². The first-order chi connectivity index (χ1) is 11.5. The van der Waals surface area contributed by atoms with Gasteiger partial charge in [0.25, 0.3) is 0 Å². The number of ether oxygens (including phenoxy) is 1. The molecule has 0 aromatic heterocycles. The smallest absolute Gasteiger partial charge is 0.243 e. The summed E-state index contributed by atoms with van der Waals surface area (Å²) in [6.07, 6.45) is 1.42. The van der Waals surface area contributed by atoms with Gasteiger partial charge in [-0.1, -0.05) is 15.9 Å². The Morgan fingerprint density at radius 1 is 1.33 bits per heavy atom. The summed E-state index contributed by atoms with van der Waals surface area (Å²) in [7, 11) is 1.60. The minimum absolute atomic E-state index is 0.0484. The summed E-state index contributed by atoms with van der Waals surface area (Å²) < 4.78 is 6.20. The molecule has 3 N–H and O–H groups in total. The van der Waals surface area contributed by atoms with Crippen LogP contribution >= 0.6 is 15.9 Å². The van der Waals surface area contributed by atoms with Crippen molar-refractivity contribution in [3.63, 3.8) is 0 Å². The van der Waals surface area contributed by atoms with Gasteiger partial charge in [0.05, 0.1) is 18.6 Å². The fourth-order valence-corrected chi connectivity index (χ4v) is 3.40. The quantitative estimate of drug-likeness (QED) is 0.683. The van der Waals surface area contributed by atoms with Gasteiger partial charge in [-0.2, -0.15) is 0 Å². The van der Waals surface area contributed by atoms with Crippen molar-refractivity contribution in [1.29, 1.82) is 0 Å². The molecule has 1 aliphatic rings. The SMILES string of the molecule is COCC1(C(=O)NCC(=O)Nc2ccc(Br)cc2C)CCNCC1. The monoisotopic (exact) mass is 397 g/mol. The van der Waals surface area contributed by atoms with Crippen molar-refractivity contribution >= 4 is 33.4 Å². The molecular weight excluding hydrogens is 374 g/mol. The number of amides is 2. The molecule has 0 bridgehead atoms. The molecule has 1 aliphatic heterocycles. The number of nitrogens with one attached hydrogen (secondary N) is 3. The molecule has 0 radical (unpaired) electrons. The summed E-state index contributed by atoms with van der Waals surface area (Å²) in [5.41, 5.74) is 1.15. The number of aryl methyl sites for hydroxylation is 1. The van der Waals surface area contributed by atoms with Gasteiger partial charge in [0.1, 0.15) is 0 Å². The van der Waals surface area contributed by atoms with E-state index in [2.05, 4.69) is 31.9 Å². The minimum Gasteiger partial charge on any atom is -0.384 e. The average Bonchev–Trinajstić information content (AvgIpc) is 2.56. The van der Waals surface area contributed by atoms with Crippen molar-refractivity contribution in [2.24, 2.45) is 5.41 Å². The molecule has 1 aromatic rings. The van der Waals surface area contributed by atoms with E-state index in [4.69, 9.17) is 4.74 Å². The molecule has 0 unspecified atom stereocenters. The van der Waals surface area contributed by atoms with Crippen molar-refractivity contribution < 1.29 is 14.3 Å². The van der Waals surface area contributed by atoms with Crippen molar-refractivity contribution in [3.8, 4) is 0 Å². The summed E-state index contributed by atoms with van der Waals surface area (Å²) in [6, 6.07) is 5.62. The Labute approximate surface area is 150 Å². The Kier molecular flexibility index (Phi) is 6.77. The normalized spacial score (nSPS) is 16.5. The highest BCUT2D eigenvalue weighted by atomic mass is 79.9. The number of halogens is 1. The van der Waals surface area contributed by atoms with E-state index in [0.717, 1.165) is 28.8 Å². The molecule has 0 saturated carbocycles. The van der Waals surface area contributed by atoms with Gasteiger partial charge >= 0.3 is 0 Å². The second-order valence-electron chi connectivity index (χ2n) is 6.15. The van der Waals surface area contributed by atoms with E-state index in [9.17, 15) is 9.59 Å². The first kappa shape index (κ1) is 18.9. The third-order valence-corrected chi connectivity index (χ3v) is 4.83. The highest BCUT2D eigenvalue weighted by Gasteiger charge is 2.39. The van der Waals surface area contributed by atoms with Crippen LogP contribution in [0.1, 0.15) is 18.4 Å². The number of hydrogen-bond acceptors (Lipinski definition) is 4. The Hall–Kier alpha value is -1.44. The largest absolute Gasteiger partial charge is 0.384 e. The van der Waals surface area contributed by atoms with Gasteiger partial charge in [0.15, 0.2) is 0 Å². The second kappa shape index (κ2) is 8.60. The molecule has 0 aliphatic carbocycles. The summed E-state index contributed by atoms with van der Waals surface area (Å²) in [5, 5.41) is 8.83. The average molecular weight is 398 g/mol. The van der Waals surface area contributed by atoms with Crippen molar-refractivity contribution in [2.45, 2.75) is 19.8 Å². The number of carbonyl (C=O) groups is 2. The molecule has 2 rings (SSSR count). The van der Waals surface area contributed by atoms with Crippen molar-refractivity contribution in [2.75, 3.05) is 38.7 Å². The first-order valence-electron chi connectivity index (χ1n) is 8.01. The molecule has 24 heavy (non-hydrogen) atoms. The lowest BCUT2D eigenvalue weighted by molar-refractivity contribution is -0.137. The Morgan fingerprint density at radius 3 is 2.67 bits per heavy atom. The van der Waals surface area contributed by atoms with Crippen LogP contribution in [0.2, 0.25) is 0 Å². The predicted octanol–water partition coefficient (Wildman–Crippen LogP) is 1.83. The van der Waals surface area contributed by atoms with Crippen LogP contribution in [0.15, 0.2) is 22.7 Å². The van der Waals surface area contributed by atoms with Crippen LogP contribution in [-0.2, 0) is 14.3 Å². The lowest BCUT2D eigenvalue weighted by atomic mass is 9.78. The van der Waals surface area contributed by atoms with E-state index < -0.39 is 5.41 Å². The molecule has 1 aromatic carbocycles. The van der Waals surface area contributed by atoms with E-state index in [-0.39, 0.29) is 18.4 Å². The molecule has 1 heterocycles. The third-order valence-electron chi connectivity index (χ3n) is 4.34. The summed E-state index contributed by atoms with van der Waals surface area (Å²) >= 11 is 3.39. The highest BCUT2D eigenvalue weighted by Crippen LogP contribution is 2.29. The van der Waals surface area contributed by atoms with Gasteiger partial charge in [-0.15, -0.1) is 0 Å². The Morgan fingerprint density at radius 2 is 2.04 bits per heavy atom. The van der Waals surface area contributed by atoms with E-state index >= 15 is 0 Å². The van der Waals surface area contributed by atoms with E-state index in [1.807, 2.05) is 25.1 Å². The van der Waals surface area contributed by atoms with Crippen LogP contribution in [0.25, 0.3) is 0 Å². The lowest BCUT2D eigenvalue weighted by Crippen LogP contribution is -2.51. The predicted molar refractivity (Wildman–Crippen MR) is 96.9 cm³/mol. The van der Waals surface area contributed by atoms with Gasteiger partial charge in [-0.05, 0) is 56.6 Å². The van der Waals surface area contributed by atoms with E-state index in [1.54, 1.807) is 7.11 Å². The first-order valence-corrected chi connectivity index (χ1v) is 8.80. The van der Waals surface area contributed by atoms with Crippen LogP contribution in [0.4, 0.5) is 5.69 Å². The van der Waals surface area contributed by atoms with Crippen LogP contribution in [-0.4, -0.2) is 45.2 Å². The van der Waals surface area contributed by atoms with E-state index in [1.165, 1.54) is 0 Å². The third kappa shape index (κ3) is 4.78. The number of rotatable bonds is 6. The number of anilines is 1.